The van der Waals surface area contributed by atoms with Crippen LogP contribution in [0.15, 0.2) is 48.7 Å². The highest BCUT2D eigenvalue weighted by Gasteiger charge is 2.24. The average Bonchev–Trinajstić information content (AvgIpc) is 2.61. The van der Waals surface area contributed by atoms with Crippen molar-refractivity contribution in [3.8, 4) is 0 Å². The van der Waals surface area contributed by atoms with Crippen molar-refractivity contribution in [2.75, 3.05) is 18.4 Å². The minimum absolute atomic E-state index is 0.0423. The number of pyridine rings is 1. The van der Waals surface area contributed by atoms with E-state index >= 15 is 0 Å². The monoisotopic (exact) mass is 351 g/mol. The van der Waals surface area contributed by atoms with Gasteiger partial charge in [0.2, 0.25) is 0 Å². The number of nitrogens with zero attached hydrogens (tertiary/aromatic N) is 2. The first kappa shape index (κ1) is 18.4. The predicted molar refractivity (Wildman–Crippen MR) is 106 cm³/mol. The number of benzene rings is 1. The summed E-state index contributed by atoms with van der Waals surface area (Å²) in [5.74, 6) is 0.698. The van der Waals surface area contributed by atoms with Crippen LogP contribution < -0.4 is 5.32 Å². The summed E-state index contributed by atoms with van der Waals surface area (Å²) in [4.78, 5) is 19.1. The molecule has 3 rings (SSSR count). The fourth-order valence-corrected chi connectivity index (χ4v) is 3.51. The number of nitrogens with one attached hydrogen (secondary N) is 1. The summed E-state index contributed by atoms with van der Waals surface area (Å²) in [6.07, 6.45) is 4.93. The third kappa shape index (κ3) is 5.07. The van der Waals surface area contributed by atoms with Gasteiger partial charge in [-0.25, -0.2) is 0 Å². The van der Waals surface area contributed by atoms with Gasteiger partial charge in [0.1, 0.15) is 5.69 Å². The first-order valence-corrected chi connectivity index (χ1v) is 9.48. The number of rotatable bonds is 4. The molecule has 26 heavy (non-hydrogen) atoms. The van der Waals surface area contributed by atoms with E-state index in [1.54, 1.807) is 6.20 Å². The highest BCUT2D eigenvalue weighted by Crippen LogP contribution is 2.23. The van der Waals surface area contributed by atoms with E-state index in [9.17, 15) is 4.79 Å². The molecule has 0 saturated carbocycles. The van der Waals surface area contributed by atoms with Crippen LogP contribution in [0.4, 0.5) is 5.69 Å². The van der Waals surface area contributed by atoms with E-state index in [2.05, 4.69) is 61.4 Å². The number of carbonyl (C=O) groups excluding carboxylic acids is 1. The first-order chi connectivity index (χ1) is 12.4. The van der Waals surface area contributed by atoms with Gasteiger partial charge in [-0.05, 0) is 63.6 Å². The Kier molecular flexibility index (Phi) is 5.60. The highest BCUT2D eigenvalue weighted by molar-refractivity contribution is 5.93. The second-order valence-electron chi connectivity index (χ2n) is 8.23. The number of anilines is 1. The quantitative estimate of drug-likeness (QED) is 0.889. The topological polar surface area (TPSA) is 45.2 Å². The second kappa shape index (κ2) is 7.90. The summed E-state index contributed by atoms with van der Waals surface area (Å²) >= 11 is 0. The molecule has 1 aromatic heterocycles. The maximum absolute atomic E-state index is 12.8. The van der Waals surface area contributed by atoms with Crippen LogP contribution in [-0.4, -0.2) is 34.4 Å². The van der Waals surface area contributed by atoms with Crippen molar-refractivity contribution in [1.29, 1.82) is 0 Å². The van der Waals surface area contributed by atoms with Crippen molar-refractivity contribution in [2.24, 2.45) is 5.92 Å². The van der Waals surface area contributed by atoms with Crippen LogP contribution in [0.2, 0.25) is 0 Å². The molecule has 0 aliphatic carbocycles. The van der Waals surface area contributed by atoms with E-state index in [1.807, 2.05) is 17.0 Å². The largest absolute Gasteiger partial charge is 0.380 e. The van der Waals surface area contributed by atoms with Gasteiger partial charge in [-0.1, -0.05) is 30.3 Å². The number of likely N-dealkylation sites (tertiary alicyclic amines) is 1. The van der Waals surface area contributed by atoms with Gasteiger partial charge in [0.15, 0.2) is 0 Å². The number of hydrogen-bond donors (Lipinski definition) is 1. The standard InChI is InChI=1S/C22H29N3O/c1-22(2,3)24-19-9-12-23-20(16-19)21(26)25-13-10-18(11-14-25)15-17-7-5-4-6-8-17/h4-9,12,16,18H,10-11,13-15H2,1-3H3,(H,23,24). The van der Waals surface area contributed by atoms with Crippen LogP contribution in [-0.2, 0) is 6.42 Å². The lowest BCUT2D eigenvalue weighted by Gasteiger charge is -2.32. The Bertz CT molecular complexity index is 729. The molecule has 2 aromatic rings. The van der Waals surface area contributed by atoms with E-state index in [-0.39, 0.29) is 11.4 Å². The maximum atomic E-state index is 12.8. The molecule has 1 aromatic carbocycles. The van der Waals surface area contributed by atoms with Crippen molar-refractivity contribution >= 4 is 11.6 Å². The van der Waals surface area contributed by atoms with E-state index in [4.69, 9.17) is 0 Å². The molecule has 4 heteroatoms. The fourth-order valence-electron chi connectivity index (χ4n) is 3.51. The number of carbonyl (C=O) groups is 1. The molecule has 0 radical (unpaired) electrons. The lowest BCUT2D eigenvalue weighted by atomic mass is 9.90. The molecule has 2 heterocycles. The number of amides is 1. The Morgan fingerprint density at radius 2 is 1.85 bits per heavy atom. The molecule has 4 nitrogen and oxygen atoms in total. The van der Waals surface area contributed by atoms with Crippen molar-refractivity contribution in [3.63, 3.8) is 0 Å². The molecule has 1 amide bonds. The zero-order valence-electron chi connectivity index (χ0n) is 16.0. The van der Waals surface area contributed by atoms with Gasteiger partial charge in [-0.15, -0.1) is 0 Å². The van der Waals surface area contributed by atoms with Crippen molar-refractivity contribution in [1.82, 2.24) is 9.88 Å². The van der Waals surface area contributed by atoms with Gasteiger partial charge in [0.25, 0.3) is 5.91 Å². The minimum Gasteiger partial charge on any atom is -0.380 e. The Labute approximate surface area is 156 Å². The molecule has 1 aliphatic heterocycles. The molecule has 1 saturated heterocycles. The normalized spacial score (nSPS) is 15.7. The van der Waals surface area contributed by atoms with Gasteiger partial charge in [0.05, 0.1) is 0 Å². The Balaban J connectivity index is 1.57. The number of aromatic nitrogens is 1. The zero-order chi connectivity index (χ0) is 18.6. The molecule has 1 N–H and O–H groups in total. The maximum Gasteiger partial charge on any atom is 0.272 e. The molecule has 0 spiro atoms. The summed E-state index contributed by atoms with van der Waals surface area (Å²) in [6, 6.07) is 14.4. The van der Waals surface area contributed by atoms with Gasteiger partial charge < -0.3 is 10.2 Å². The van der Waals surface area contributed by atoms with Crippen molar-refractivity contribution in [3.05, 3.63) is 59.9 Å². The summed E-state index contributed by atoms with van der Waals surface area (Å²) in [7, 11) is 0. The Morgan fingerprint density at radius 1 is 1.15 bits per heavy atom. The van der Waals surface area contributed by atoms with E-state index in [0.717, 1.165) is 38.0 Å². The molecular weight excluding hydrogens is 322 g/mol. The van der Waals surface area contributed by atoms with Gasteiger partial charge >= 0.3 is 0 Å². The molecule has 1 aliphatic rings. The van der Waals surface area contributed by atoms with Crippen LogP contribution in [0, 0.1) is 5.92 Å². The molecule has 0 atom stereocenters. The minimum atomic E-state index is -0.0442. The first-order valence-electron chi connectivity index (χ1n) is 9.48. The smallest absolute Gasteiger partial charge is 0.272 e. The van der Waals surface area contributed by atoms with Crippen LogP contribution in [0.25, 0.3) is 0 Å². The molecule has 0 bridgehead atoms. The molecule has 1 fully saturated rings. The number of piperidine rings is 1. The SMILES string of the molecule is CC(C)(C)Nc1ccnc(C(=O)N2CCC(Cc3ccccc3)CC2)c1. The molecular formula is C22H29N3O. The second-order valence-corrected chi connectivity index (χ2v) is 8.23. The van der Waals surface area contributed by atoms with Crippen LogP contribution in [0.3, 0.4) is 0 Å². The van der Waals surface area contributed by atoms with Crippen molar-refractivity contribution < 1.29 is 4.79 Å². The average molecular weight is 351 g/mol. The Hall–Kier alpha value is -2.36. The summed E-state index contributed by atoms with van der Waals surface area (Å²) in [5, 5.41) is 3.40. The highest BCUT2D eigenvalue weighted by atomic mass is 16.2. The third-order valence-electron chi connectivity index (χ3n) is 4.77. The zero-order valence-corrected chi connectivity index (χ0v) is 16.0. The van der Waals surface area contributed by atoms with E-state index in [0.29, 0.717) is 11.6 Å². The van der Waals surface area contributed by atoms with Crippen LogP contribution in [0.5, 0.6) is 0 Å². The van der Waals surface area contributed by atoms with Gasteiger partial charge in [0, 0.05) is 30.5 Å². The van der Waals surface area contributed by atoms with Crippen LogP contribution in [0.1, 0.15) is 49.7 Å². The summed E-state index contributed by atoms with van der Waals surface area (Å²) < 4.78 is 0. The summed E-state index contributed by atoms with van der Waals surface area (Å²) in [6.45, 7) is 7.94. The number of hydrogen-bond acceptors (Lipinski definition) is 3. The van der Waals surface area contributed by atoms with Gasteiger partial charge in [-0.3, -0.25) is 9.78 Å². The van der Waals surface area contributed by atoms with E-state index < -0.39 is 0 Å². The van der Waals surface area contributed by atoms with Gasteiger partial charge in [-0.2, -0.15) is 0 Å². The predicted octanol–water partition coefficient (Wildman–Crippen LogP) is 4.39. The fraction of sp³-hybridized carbons (Fsp3) is 0.455. The van der Waals surface area contributed by atoms with Crippen LogP contribution >= 0.6 is 0 Å². The third-order valence-corrected chi connectivity index (χ3v) is 4.77. The molecule has 0 unspecified atom stereocenters. The summed E-state index contributed by atoms with van der Waals surface area (Å²) in [5.41, 5.74) is 2.81. The Morgan fingerprint density at radius 3 is 2.50 bits per heavy atom. The van der Waals surface area contributed by atoms with Crippen molar-refractivity contribution in [2.45, 2.75) is 45.6 Å². The van der Waals surface area contributed by atoms with E-state index in [1.165, 1.54) is 5.56 Å². The lowest BCUT2D eigenvalue weighted by Crippen LogP contribution is -2.39. The lowest BCUT2D eigenvalue weighted by molar-refractivity contribution is 0.0684. The molecule has 138 valence electrons.